The fourth-order valence-corrected chi connectivity index (χ4v) is 3.09. The molecular formula is C21H19N9O. The molecule has 0 spiro atoms. The van der Waals surface area contributed by atoms with E-state index in [-0.39, 0.29) is 28.3 Å². The van der Waals surface area contributed by atoms with Crippen LogP contribution in [0.15, 0.2) is 68.8 Å². The smallest absolute Gasteiger partial charge is 0.283 e. The molecule has 1 aromatic carbocycles. The predicted molar refractivity (Wildman–Crippen MR) is 117 cm³/mol. The Hall–Kier alpha value is -4.70. The lowest BCUT2D eigenvalue weighted by Crippen LogP contribution is -2.32. The number of fused-ring (bicyclic) bond motifs is 1. The van der Waals surface area contributed by atoms with Gasteiger partial charge in [-0.1, -0.05) is 18.2 Å². The van der Waals surface area contributed by atoms with Crippen molar-refractivity contribution in [1.29, 1.82) is 10.5 Å². The molecule has 0 aliphatic heterocycles. The summed E-state index contributed by atoms with van der Waals surface area (Å²) in [5, 5.41) is 26.4. The lowest BCUT2D eigenvalue weighted by atomic mass is 10.2. The van der Waals surface area contributed by atoms with E-state index in [1.54, 1.807) is 37.4 Å². The number of aliphatic imine (C=N–C) groups is 2. The van der Waals surface area contributed by atoms with Gasteiger partial charge in [0.05, 0.1) is 17.3 Å². The normalized spacial score (nSPS) is 13.1. The molecule has 0 bridgehead atoms. The maximum absolute atomic E-state index is 13.4. The maximum atomic E-state index is 13.4. The van der Waals surface area contributed by atoms with Crippen molar-refractivity contribution in [1.82, 2.24) is 19.5 Å². The molecule has 0 amide bonds. The van der Waals surface area contributed by atoms with Gasteiger partial charge in [0, 0.05) is 13.2 Å². The molecule has 10 heteroatoms. The van der Waals surface area contributed by atoms with Gasteiger partial charge < -0.3 is 11.1 Å². The van der Waals surface area contributed by atoms with Gasteiger partial charge in [-0.15, -0.1) is 0 Å². The first-order chi connectivity index (χ1) is 15.0. The molecule has 0 saturated heterocycles. The largest absolute Gasteiger partial charge is 0.383 e. The Balaban J connectivity index is 2.25. The van der Waals surface area contributed by atoms with Gasteiger partial charge in [0.1, 0.15) is 34.9 Å². The summed E-state index contributed by atoms with van der Waals surface area (Å²) in [5.74, 6) is 0.434. The average Bonchev–Trinajstić information content (AvgIpc) is 3.22. The van der Waals surface area contributed by atoms with Crippen molar-refractivity contribution < 1.29 is 0 Å². The molecule has 2 heterocycles. The Morgan fingerprint density at radius 1 is 1.29 bits per heavy atom. The highest BCUT2D eigenvalue weighted by Crippen LogP contribution is 2.18. The highest BCUT2D eigenvalue weighted by Gasteiger charge is 2.22. The lowest BCUT2D eigenvalue weighted by molar-refractivity contribution is 0.564. The third-order valence-corrected chi connectivity index (χ3v) is 4.59. The van der Waals surface area contributed by atoms with Crippen LogP contribution >= 0.6 is 0 Å². The van der Waals surface area contributed by atoms with Gasteiger partial charge >= 0.3 is 0 Å². The van der Waals surface area contributed by atoms with E-state index in [0.29, 0.717) is 11.5 Å². The number of nitrogens with zero attached hydrogens (tertiary/aromatic N) is 7. The Morgan fingerprint density at radius 2 is 2.00 bits per heavy atom. The Labute approximate surface area is 177 Å². The molecule has 0 saturated carbocycles. The van der Waals surface area contributed by atoms with Crippen molar-refractivity contribution in [2.45, 2.75) is 13.0 Å². The van der Waals surface area contributed by atoms with Crippen LogP contribution in [0.1, 0.15) is 24.4 Å². The summed E-state index contributed by atoms with van der Waals surface area (Å²) >= 11 is 0. The second-order valence-electron chi connectivity index (χ2n) is 6.44. The van der Waals surface area contributed by atoms with E-state index in [4.69, 9.17) is 5.73 Å². The van der Waals surface area contributed by atoms with Crippen LogP contribution < -0.4 is 16.6 Å². The number of nitrogens with one attached hydrogen (secondary N) is 1. The third kappa shape index (κ3) is 3.78. The van der Waals surface area contributed by atoms with Gasteiger partial charge in [-0.25, -0.2) is 9.51 Å². The zero-order valence-corrected chi connectivity index (χ0v) is 16.9. The van der Waals surface area contributed by atoms with Crippen LogP contribution in [0.3, 0.4) is 0 Å². The molecule has 31 heavy (non-hydrogen) atoms. The Kier molecular flexibility index (Phi) is 5.94. The molecule has 0 radical (unpaired) electrons. The monoisotopic (exact) mass is 413 g/mol. The number of hydrogen-bond donors (Lipinski definition) is 2. The number of rotatable bonds is 6. The van der Waals surface area contributed by atoms with Crippen molar-refractivity contribution in [3.63, 3.8) is 0 Å². The van der Waals surface area contributed by atoms with Gasteiger partial charge in [0.2, 0.25) is 0 Å². The van der Waals surface area contributed by atoms with Crippen molar-refractivity contribution in [2.75, 3.05) is 7.05 Å². The van der Waals surface area contributed by atoms with E-state index in [9.17, 15) is 15.3 Å². The van der Waals surface area contributed by atoms with Crippen molar-refractivity contribution in [2.24, 2.45) is 15.7 Å². The molecular weight excluding hydrogens is 394 g/mol. The molecule has 3 aromatic rings. The molecule has 0 fully saturated rings. The van der Waals surface area contributed by atoms with Crippen molar-refractivity contribution >= 4 is 18.1 Å². The average molecular weight is 413 g/mol. The topological polar surface area (TPSA) is 150 Å². The summed E-state index contributed by atoms with van der Waals surface area (Å²) < 4.78 is 2.78. The van der Waals surface area contributed by atoms with Crippen molar-refractivity contribution in [3.8, 4) is 17.8 Å². The number of para-hydroxylation sites is 1. The van der Waals surface area contributed by atoms with Gasteiger partial charge in [0.25, 0.3) is 5.56 Å². The minimum atomic E-state index is -0.598. The number of hydrogen-bond acceptors (Lipinski definition) is 7. The first-order valence-electron chi connectivity index (χ1n) is 9.16. The van der Waals surface area contributed by atoms with Gasteiger partial charge in [-0.3, -0.25) is 14.4 Å². The second-order valence-corrected chi connectivity index (χ2v) is 6.44. The molecule has 1 atom stereocenters. The minimum absolute atomic E-state index is 0.00228. The lowest BCUT2D eigenvalue weighted by Gasteiger charge is -2.20. The van der Waals surface area contributed by atoms with E-state index in [0.717, 1.165) is 0 Å². The molecule has 3 N–H and O–H groups in total. The van der Waals surface area contributed by atoms with Crippen LogP contribution in [0.25, 0.3) is 11.2 Å². The standard InChI is InChI=1S/C21H19N9O/c1-13(27-19(26-3)16(12-23)18(24)25-2)20-28-29-10-9-14(11-22)17(29)21(31)30(20)15-7-5-4-6-8-15/h4-10,13,27H,3H2,1-2H3,(H2,24,25)/b19-16+/t13-/m0/s1. The van der Waals surface area contributed by atoms with Crippen LogP contribution in [0.2, 0.25) is 0 Å². The van der Waals surface area contributed by atoms with E-state index < -0.39 is 11.6 Å². The summed E-state index contributed by atoms with van der Waals surface area (Å²) in [6.07, 6.45) is 1.55. The fourth-order valence-electron chi connectivity index (χ4n) is 3.09. The summed E-state index contributed by atoms with van der Waals surface area (Å²) in [6.45, 7) is 5.24. The SMILES string of the molecule is C=N/C(N[C@@H](C)c1nn2ccc(C#N)c2c(=O)n1-c1ccccc1)=C(C#N)\C(N)=N/C. The molecule has 3 rings (SSSR count). The maximum Gasteiger partial charge on any atom is 0.283 e. The highest BCUT2D eigenvalue weighted by molar-refractivity contribution is 6.01. The number of benzene rings is 1. The van der Waals surface area contributed by atoms with E-state index >= 15 is 0 Å². The van der Waals surface area contributed by atoms with Gasteiger partial charge in [-0.05, 0) is 31.8 Å². The molecule has 0 unspecified atom stereocenters. The van der Waals surface area contributed by atoms with Crippen LogP contribution in [0.4, 0.5) is 0 Å². The number of nitriles is 2. The third-order valence-electron chi connectivity index (χ3n) is 4.59. The molecule has 0 aliphatic rings. The first-order valence-corrected chi connectivity index (χ1v) is 9.16. The van der Waals surface area contributed by atoms with Crippen LogP contribution in [-0.4, -0.2) is 33.8 Å². The summed E-state index contributed by atoms with van der Waals surface area (Å²) in [5.41, 5.74) is 6.37. The second kappa shape index (κ2) is 8.76. The van der Waals surface area contributed by atoms with Crippen LogP contribution in [-0.2, 0) is 0 Å². The first kappa shape index (κ1) is 21.0. The van der Waals surface area contributed by atoms with Crippen LogP contribution in [0, 0.1) is 22.7 Å². The molecule has 10 nitrogen and oxygen atoms in total. The zero-order chi connectivity index (χ0) is 22.5. The van der Waals surface area contributed by atoms with Gasteiger partial charge in [0.15, 0.2) is 5.82 Å². The van der Waals surface area contributed by atoms with Gasteiger partial charge in [-0.2, -0.15) is 15.6 Å². The number of amidine groups is 1. The minimum Gasteiger partial charge on any atom is -0.383 e. The highest BCUT2D eigenvalue weighted by atomic mass is 16.1. The Morgan fingerprint density at radius 3 is 2.58 bits per heavy atom. The van der Waals surface area contributed by atoms with Crippen molar-refractivity contribution in [3.05, 3.63) is 75.7 Å². The molecule has 154 valence electrons. The zero-order valence-electron chi connectivity index (χ0n) is 16.9. The summed E-state index contributed by atoms with van der Waals surface area (Å²) in [4.78, 5) is 21.1. The van der Waals surface area contributed by atoms with E-state index in [2.05, 4.69) is 27.1 Å². The number of aromatic nitrogens is 3. The molecule has 0 aliphatic carbocycles. The van der Waals surface area contributed by atoms with E-state index in [1.165, 1.54) is 22.2 Å². The van der Waals surface area contributed by atoms with Crippen LogP contribution in [0.5, 0.6) is 0 Å². The quantitative estimate of drug-likeness (QED) is 0.354. The number of nitrogens with two attached hydrogens (primary N) is 1. The fraction of sp³-hybridized carbons (Fsp3) is 0.143. The Bertz CT molecular complexity index is 1350. The predicted octanol–water partition coefficient (Wildman–Crippen LogP) is 1.43. The molecule has 2 aromatic heterocycles. The summed E-state index contributed by atoms with van der Waals surface area (Å²) in [7, 11) is 1.46. The van der Waals surface area contributed by atoms with E-state index in [1.807, 2.05) is 18.2 Å². The summed E-state index contributed by atoms with van der Waals surface area (Å²) in [6, 6.07) is 13.8.